The summed E-state index contributed by atoms with van der Waals surface area (Å²) < 4.78 is 0.933. The molecular weight excluding hydrogens is 291 g/mol. The van der Waals surface area contributed by atoms with E-state index in [-0.39, 0.29) is 29.9 Å². The molecule has 0 aromatic heterocycles. The van der Waals surface area contributed by atoms with Crippen LogP contribution in [0.25, 0.3) is 0 Å². The van der Waals surface area contributed by atoms with E-state index in [1.807, 2.05) is 0 Å². The van der Waals surface area contributed by atoms with E-state index in [4.69, 9.17) is 0 Å². The van der Waals surface area contributed by atoms with Crippen molar-refractivity contribution in [2.45, 2.75) is 13.3 Å². The van der Waals surface area contributed by atoms with Gasteiger partial charge in [0.25, 0.3) is 0 Å². The number of hydrogen-bond acceptors (Lipinski definition) is 1. The van der Waals surface area contributed by atoms with Gasteiger partial charge >= 0.3 is 0 Å². The summed E-state index contributed by atoms with van der Waals surface area (Å²) in [7, 11) is 6.42. The first-order valence-corrected chi connectivity index (χ1v) is 4.57. The van der Waals surface area contributed by atoms with Crippen LogP contribution in [0.2, 0.25) is 0 Å². The Hall–Kier alpha value is -0.100. The van der Waals surface area contributed by atoms with E-state index in [2.05, 4.69) is 33.0 Å². The molecule has 0 saturated carbocycles. The van der Waals surface area contributed by atoms with Crippen molar-refractivity contribution in [1.82, 2.24) is 5.32 Å². The van der Waals surface area contributed by atoms with Gasteiger partial charge in [-0.1, -0.05) is 6.58 Å². The first-order chi connectivity index (χ1) is 5.83. The molecule has 0 aromatic rings. The quantitative estimate of drug-likeness (QED) is 0.253. The van der Waals surface area contributed by atoms with Crippen molar-refractivity contribution < 1.29 is 33.3 Å². The van der Waals surface area contributed by atoms with Gasteiger partial charge in [-0.05, 0) is 6.92 Å². The number of nitrogens with one attached hydrogen (secondary N) is 1. The predicted octanol–water partition coefficient (Wildman–Crippen LogP) is -2.76. The maximum Gasteiger partial charge on any atom is 0.246 e. The summed E-state index contributed by atoms with van der Waals surface area (Å²) in [6.45, 7) is 7.09. The molecule has 4 heteroatoms. The third kappa shape index (κ3) is 9.98. The highest BCUT2D eigenvalue weighted by Crippen LogP contribution is 1.92. The van der Waals surface area contributed by atoms with Crippen LogP contribution in [0.5, 0.6) is 0 Å². The molecule has 0 atom stereocenters. The summed E-state index contributed by atoms with van der Waals surface area (Å²) in [4.78, 5) is 11.1. The lowest BCUT2D eigenvalue weighted by molar-refractivity contribution is -0.870. The van der Waals surface area contributed by atoms with Crippen molar-refractivity contribution in [1.29, 1.82) is 0 Å². The molecular formula is C10H23IN2O+2. The van der Waals surface area contributed by atoms with Gasteiger partial charge in [0, 0.05) is 18.5 Å². The maximum atomic E-state index is 11.1. The number of quaternary nitrogens is 1. The molecule has 0 saturated heterocycles. The van der Waals surface area contributed by atoms with Crippen LogP contribution in [0.3, 0.4) is 0 Å². The molecule has 0 aliphatic rings. The van der Waals surface area contributed by atoms with Crippen LogP contribution in [0.1, 0.15) is 13.3 Å². The van der Waals surface area contributed by atoms with Gasteiger partial charge in [-0.3, -0.25) is 4.79 Å². The van der Waals surface area contributed by atoms with Crippen LogP contribution in [0, 0.1) is 0 Å². The molecule has 1 N–H and O–H groups in total. The van der Waals surface area contributed by atoms with E-state index < -0.39 is 0 Å². The van der Waals surface area contributed by atoms with Gasteiger partial charge in [-0.2, -0.15) is 0 Å². The summed E-state index contributed by atoms with van der Waals surface area (Å²) in [6, 6.07) is 0. The molecule has 0 spiro atoms. The Morgan fingerprint density at radius 2 is 1.86 bits per heavy atom. The van der Waals surface area contributed by atoms with Crippen LogP contribution < -0.4 is 29.3 Å². The molecule has 0 fully saturated rings. The molecule has 0 bridgehead atoms. The zero-order valence-electron chi connectivity index (χ0n) is 9.63. The second-order valence-electron chi connectivity index (χ2n) is 4.40. The molecule has 0 aliphatic carbocycles. The molecule has 14 heavy (non-hydrogen) atoms. The van der Waals surface area contributed by atoms with E-state index in [1.54, 1.807) is 6.92 Å². The van der Waals surface area contributed by atoms with Gasteiger partial charge in [-0.25, -0.2) is 0 Å². The number of carbonyl (C=O) groups excluding carboxylic acids is 1. The van der Waals surface area contributed by atoms with Crippen molar-refractivity contribution in [2.75, 3.05) is 34.2 Å². The Morgan fingerprint density at radius 1 is 1.36 bits per heavy atom. The van der Waals surface area contributed by atoms with Crippen LogP contribution in [0.4, 0.5) is 0 Å². The highest BCUT2D eigenvalue weighted by molar-refractivity contribution is 5.91. The van der Waals surface area contributed by atoms with Gasteiger partial charge in [-0.15, -0.1) is 0 Å². The fourth-order valence-electron chi connectivity index (χ4n) is 0.906. The SMILES string of the molecule is C=C(C)C(=O)NCCC[N+](C)(C)C.[IH2+]. The minimum atomic E-state index is -0.0404. The Morgan fingerprint density at radius 3 is 2.21 bits per heavy atom. The van der Waals surface area contributed by atoms with Gasteiger partial charge in [0.05, 0.1) is 27.7 Å². The van der Waals surface area contributed by atoms with E-state index in [0.29, 0.717) is 5.57 Å². The van der Waals surface area contributed by atoms with E-state index >= 15 is 0 Å². The van der Waals surface area contributed by atoms with Crippen molar-refractivity contribution in [3.63, 3.8) is 0 Å². The third-order valence-corrected chi connectivity index (χ3v) is 1.68. The van der Waals surface area contributed by atoms with Gasteiger partial charge in [0.2, 0.25) is 29.9 Å². The smallest absolute Gasteiger partial charge is 0.246 e. The maximum absolute atomic E-state index is 11.1. The topological polar surface area (TPSA) is 29.1 Å². The van der Waals surface area contributed by atoms with Crippen molar-refractivity contribution in [3.8, 4) is 0 Å². The molecule has 0 rings (SSSR count). The molecule has 1 amide bonds. The lowest BCUT2D eigenvalue weighted by atomic mass is 10.3. The van der Waals surface area contributed by atoms with E-state index in [9.17, 15) is 4.79 Å². The second-order valence-corrected chi connectivity index (χ2v) is 4.40. The van der Waals surface area contributed by atoms with Gasteiger partial charge in [0.15, 0.2) is 0 Å². The Kier molecular flexibility index (Phi) is 8.43. The van der Waals surface area contributed by atoms with E-state index in [0.717, 1.165) is 24.0 Å². The minimum absolute atomic E-state index is 0. The van der Waals surface area contributed by atoms with Crippen LogP contribution in [0.15, 0.2) is 12.2 Å². The molecule has 0 radical (unpaired) electrons. The normalized spacial score (nSPS) is 10.3. The average Bonchev–Trinajstić information content (AvgIpc) is 1.95. The summed E-state index contributed by atoms with van der Waals surface area (Å²) >= 11 is 0. The Balaban J connectivity index is 0. The number of amides is 1. The lowest BCUT2D eigenvalue weighted by Gasteiger charge is -2.23. The number of rotatable bonds is 5. The standard InChI is InChI=1S/C10H20N2O.H2I/c1-9(2)10(13)11-7-6-8-12(3,4)5;/h1,6-8H2,2-5H3;1H2/q;+1/p+1. The first-order valence-electron chi connectivity index (χ1n) is 4.57. The van der Waals surface area contributed by atoms with Crippen molar-refractivity contribution in [2.24, 2.45) is 0 Å². The molecule has 84 valence electrons. The fourth-order valence-corrected chi connectivity index (χ4v) is 0.906. The Bertz CT molecular complexity index is 197. The first kappa shape index (κ1) is 16.3. The molecule has 3 nitrogen and oxygen atoms in total. The number of hydrogen-bond donors (Lipinski definition) is 1. The third-order valence-electron chi connectivity index (χ3n) is 1.68. The highest BCUT2D eigenvalue weighted by atomic mass is 127. The van der Waals surface area contributed by atoms with Crippen LogP contribution in [-0.4, -0.2) is 44.6 Å². The summed E-state index contributed by atoms with van der Waals surface area (Å²) in [6.07, 6.45) is 1.00. The van der Waals surface area contributed by atoms with Gasteiger partial charge < -0.3 is 9.80 Å². The zero-order chi connectivity index (χ0) is 10.5. The van der Waals surface area contributed by atoms with Crippen molar-refractivity contribution >= 4 is 5.91 Å². The number of nitrogens with zero attached hydrogens (tertiary/aromatic N) is 1. The largest absolute Gasteiger partial charge is 0.352 e. The summed E-state index contributed by atoms with van der Waals surface area (Å²) in [5.41, 5.74) is 0.574. The summed E-state index contributed by atoms with van der Waals surface area (Å²) in [5.74, 6) is -0.0404. The van der Waals surface area contributed by atoms with Crippen LogP contribution >= 0.6 is 0 Å². The highest BCUT2D eigenvalue weighted by Gasteiger charge is 2.06. The Labute approximate surface area is 104 Å². The number of carbonyl (C=O) groups is 1. The average molecular weight is 314 g/mol. The van der Waals surface area contributed by atoms with E-state index in [1.165, 1.54) is 0 Å². The van der Waals surface area contributed by atoms with Gasteiger partial charge in [0.1, 0.15) is 0 Å². The number of halogens is 1. The van der Waals surface area contributed by atoms with Crippen LogP contribution in [-0.2, 0) is 4.79 Å². The molecule has 0 aromatic carbocycles. The zero-order valence-corrected chi connectivity index (χ0v) is 12.2. The molecule has 0 heterocycles. The lowest BCUT2D eigenvalue weighted by Crippen LogP contribution is -3.00. The van der Waals surface area contributed by atoms with Crippen molar-refractivity contribution in [3.05, 3.63) is 12.2 Å². The predicted molar refractivity (Wildman–Crippen MR) is 58.1 cm³/mol. The fraction of sp³-hybridized carbons (Fsp3) is 0.700. The molecule has 0 aliphatic heterocycles. The summed E-state index contributed by atoms with van der Waals surface area (Å²) in [5, 5.41) is 2.81. The second kappa shape index (κ2) is 7.23. The minimum Gasteiger partial charge on any atom is -0.352 e. The monoisotopic (exact) mass is 314 g/mol. The molecule has 0 unspecified atom stereocenters.